The lowest BCUT2D eigenvalue weighted by Crippen LogP contribution is -2.31. The van der Waals surface area contributed by atoms with Gasteiger partial charge in [-0.2, -0.15) is 0 Å². The number of rotatable bonds is 3. The summed E-state index contributed by atoms with van der Waals surface area (Å²) in [5, 5.41) is 0. The average Bonchev–Trinajstić information content (AvgIpc) is 2.50. The Morgan fingerprint density at radius 3 is 2.59 bits per heavy atom. The molecule has 0 N–H and O–H groups in total. The van der Waals surface area contributed by atoms with Crippen molar-refractivity contribution in [3.63, 3.8) is 0 Å². The Labute approximate surface area is 128 Å². The third kappa shape index (κ3) is 2.97. The Morgan fingerprint density at radius 2 is 1.91 bits per heavy atom. The molecule has 0 saturated heterocycles. The van der Waals surface area contributed by atoms with E-state index in [1.165, 1.54) is 0 Å². The summed E-state index contributed by atoms with van der Waals surface area (Å²) in [6.45, 7) is 5.68. The lowest BCUT2D eigenvalue weighted by molar-refractivity contribution is 0.235. The van der Waals surface area contributed by atoms with E-state index in [1.807, 2.05) is 11.1 Å². The van der Waals surface area contributed by atoms with Crippen molar-refractivity contribution in [2.24, 2.45) is 0 Å². The molecule has 0 saturated carbocycles. The van der Waals surface area contributed by atoms with Gasteiger partial charge in [0, 0.05) is 55.0 Å². The first-order valence-corrected chi connectivity index (χ1v) is 7.39. The van der Waals surface area contributed by atoms with E-state index in [0.717, 1.165) is 42.4 Å². The molecule has 0 spiro atoms. The zero-order valence-electron chi connectivity index (χ0n) is 12.7. The Kier molecular flexibility index (Phi) is 4.11. The molecule has 0 amide bonds. The van der Waals surface area contributed by atoms with Crippen LogP contribution in [0.1, 0.15) is 42.4 Å². The fourth-order valence-corrected chi connectivity index (χ4v) is 2.62. The Balaban J connectivity index is 1.77. The van der Waals surface area contributed by atoms with Crippen LogP contribution in [0.5, 0.6) is 0 Å². The van der Waals surface area contributed by atoms with Crippen LogP contribution in [0.25, 0.3) is 0 Å². The number of aromatic nitrogens is 3. The van der Waals surface area contributed by atoms with Crippen LogP contribution in [0.4, 0.5) is 8.78 Å². The largest absolute Gasteiger partial charge is 0.294 e. The van der Waals surface area contributed by atoms with Gasteiger partial charge in [-0.3, -0.25) is 9.88 Å². The van der Waals surface area contributed by atoms with Gasteiger partial charge < -0.3 is 0 Å². The first-order valence-electron chi connectivity index (χ1n) is 7.39. The minimum absolute atomic E-state index is 0.0677. The maximum atomic E-state index is 13.7. The zero-order chi connectivity index (χ0) is 15.7. The smallest absolute Gasteiger partial charge is 0.148 e. The van der Waals surface area contributed by atoms with Gasteiger partial charge in [-0.05, 0) is 0 Å². The van der Waals surface area contributed by atoms with Crippen molar-refractivity contribution in [1.82, 2.24) is 19.9 Å². The molecule has 0 atom stereocenters. The van der Waals surface area contributed by atoms with Crippen LogP contribution in [-0.4, -0.2) is 26.4 Å². The second kappa shape index (κ2) is 6.04. The molecule has 6 heteroatoms. The molecule has 0 unspecified atom stereocenters. The summed E-state index contributed by atoms with van der Waals surface area (Å²) < 4.78 is 27.4. The van der Waals surface area contributed by atoms with Crippen LogP contribution in [0.2, 0.25) is 0 Å². The molecule has 2 aromatic heterocycles. The SMILES string of the molecule is CC(C)c1ncc2c(n1)CCN(Cc1c(F)cncc1F)C2. The molecule has 1 aliphatic heterocycles. The minimum Gasteiger partial charge on any atom is -0.294 e. The van der Waals surface area contributed by atoms with Gasteiger partial charge in [-0.15, -0.1) is 0 Å². The molecule has 2 aromatic rings. The quantitative estimate of drug-likeness (QED) is 0.874. The van der Waals surface area contributed by atoms with Crippen LogP contribution in [0, 0.1) is 11.6 Å². The van der Waals surface area contributed by atoms with Crippen molar-refractivity contribution in [3.8, 4) is 0 Å². The highest BCUT2D eigenvalue weighted by molar-refractivity contribution is 5.22. The van der Waals surface area contributed by atoms with Crippen LogP contribution in [0.15, 0.2) is 18.6 Å². The third-order valence-electron chi connectivity index (χ3n) is 3.88. The van der Waals surface area contributed by atoms with Gasteiger partial charge in [0.2, 0.25) is 0 Å². The first kappa shape index (κ1) is 15.0. The number of fused-ring (bicyclic) bond motifs is 1. The van der Waals surface area contributed by atoms with E-state index in [4.69, 9.17) is 0 Å². The Morgan fingerprint density at radius 1 is 1.18 bits per heavy atom. The van der Waals surface area contributed by atoms with Gasteiger partial charge in [0.1, 0.15) is 17.5 Å². The lowest BCUT2D eigenvalue weighted by atomic mass is 10.1. The van der Waals surface area contributed by atoms with Gasteiger partial charge in [0.05, 0.1) is 12.4 Å². The van der Waals surface area contributed by atoms with E-state index >= 15 is 0 Å². The van der Waals surface area contributed by atoms with Gasteiger partial charge >= 0.3 is 0 Å². The highest BCUT2D eigenvalue weighted by Gasteiger charge is 2.21. The number of halogens is 2. The van der Waals surface area contributed by atoms with Crippen LogP contribution < -0.4 is 0 Å². The van der Waals surface area contributed by atoms with E-state index in [9.17, 15) is 8.78 Å². The summed E-state index contributed by atoms with van der Waals surface area (Å²) in [4.78, 5) is 14.5. The van der Waals surface area contributed by atoms with Gasteiger partial charge in [0.25, 0.3) is 0 Å². The summed E-state index contributed by atoms with van der Waals surface area (Å²) in [5.41, 5.74) is 2.15. The maximum absolute atomic E-state index is 13.7. The summed E-state index contributed by atoms with van der Waals surface area (Å²) in [6.07, 6.45) is 4.71. The molecular formula is C16H18F2N4. The van der Waals surface area contributed by atoms with E-state index in [1.54, 1.807) is 0 Å². The second-order valence-electron chi connectivity index (χ2n) is 5.90. The first-order chi connectivity index (χ1) is 10.5. The van der Waals surface area contributed by atoms with Gasteiger partial charge in [-0.25, -0.2) is 18.7 Å². The Bertz CT molecular complexity index is 668. The predicted octanol–water partition coefficient (Wildman–Crippen LogP) is 2.83. The molecule has 3 heterocycles. The van der Waals surface area contributed by atoms with Crippen molar-refractivity contribution in [2.45, 2.75) is 39.3 Å². The summed E-state index contributed by atoms with van der Waals surface area (Å²) >= 11 is 0. The van der Waals surface area contributed by atoms with Crippen LogP contribution in [0.3, 0.4) is 0 Å². The normalized spacial score (nSPS) is 15.1. The molecule has 0 aliphatic carbocycles. The minimum atomic E-state index is -0.600. The molecule has 116 valence electrons. The number of pyridine rings is 1. The van der Waals surface area contributed by atoms with Crippen molar-refractivity contribution >= 4 is 0 Å². The third-order valence-corrected chi connectivity index (χ3v) is 3.88. The maximum Gasteiger partial charge on any atom is 0.148 e. The van der Waals surface area contributed by atoms with Crippen molar-refractivity contribution < 1.29 is 8.78 Å². The number of hydrogen-bond donors (Lipinski definition) is 0. The number of nitrogens with zero attached hydrogens (tertiary/aromatic N) is 4. The molecule has 22 heavy (non-hydrogen) atoms. The lowest BCUT2D eigenvalue weighted by Gasteiger charge is -2.28. The standard InChI is InChI=1S/C16H18F2N4/c1-10(2)16-20-5-11-8-22(4-3-15(11)21-16)9-12-13(17)6-19-7-14(12)18/h5-7,10H,3-4,8-9H2,1-2H3. The van der Waals surface area contributed by atoms with Gasteiger partial charge in [0.15, 0.2) is 0 Å². The molecule has 1 aliphatic rings. The summed E-state index contributed by atoms with van der Waals surface area (Å²) in [5.74, 6) is -0.0591. The summed E-state index contributed by atoms with van der Waals surface area (Å²) in [6, 6.07) is 0. The topological polar surface area (TPSA) is 41.9 Å². The molecule has 3 rings (SSSR count). The van der Waals surface area contributed by atoms with Gasteiger partial charge in [-0.1, -0.05) is 13.8 Å². The van der Waals surface area contributed by atoms with Crippen molar-refractivity contribution in [1.29, 1.82) is 0 Å². The molecule has 0 fully saturated rings. The molecule has 0 radical (unpaired) electrons. The highest BCUT2D eigenvalue weighted by atomic mass is 19.1. The molecule has 4 nitrogen and oxygen atoms in total. The van der Waals surface area contributed by atoms with E-state index in [0.29, 0.717) is 12.5 Å². The van der Waals surface area contributed by atoms with E-state index < -0.39 is 11.6 Å². The monoisotopic (exact) mass is 304 g/mol. The Hall–Kier alpha value is -1.95. The average molecular weight is 304 g/mol. The highest BCUT2D eigenvalue weighted by Crippen LogP contribution is 2.22. The fraction of sp³-hybridized carbons (Fsp3) is 0.438. The van der Waals surface area contributed by atoms with Crippen LogP contribution in [-0.2, 0) is 19.5 Å². The summed E-state index contributed by atoms with van der Waals surface area (Å²) in [7, 11) is 0. The van der Waals surface area contributed by atoms with Crippen LogP contribution >= 0.6 is 0 Å². The molecular weight excluding hydrogens is 286 g/mol. The van der Waals surface area contributed by atoms with E-state index in [-0.39, 0.29) is 12.1 Å². The second-order valence-corrected chi connectivity index (χ2v) is 5.90. The van der Waals surface area contributed by atoms with Crippen molar-refractivity contribution in [2.75, 3.05) is 6.54 Å². The van der Waals surface area contributed by atoms with E-state index in [2.05, 4.69) is 28.8 Å². The predicted molar refractivity (Wildman–Crippen MR) is 78.1 cm³/mol. The molecule has 0 aromatic carbocycles. The fourth-order valence-electron chi connectivity index (χ4n) is 2.62. The molecule has 0 bridgehead atoms. The number of hydrogen-bond acceptors (Lipinski definition) is 4. The van der Waals surface area contributed by atoms with Crippen molar-refractivity contribution in [3.05, 3.63) is 52.9 Å². The zero-order valence-corrected chi connectivity index (χ0v) is 12.7.